The number of aromatic nitrogens is 2. The maximum Gasteiger partial charge on any atom is 0.332 e. The van der Waals surface area contributed by atoms with Gasteiger partial charge in [-0.3, -0.25) is 14.3 Å². The number of nitrogens with zero attached hydrogens (tertiary/aromatic N) is 2. The fourth-order valence-corrected chi connectivity index (χ4v) is 1.73. The number of hydrogen-bond acceptors (Lipinski definition) is 3. The minimum atomic E-state index is -0.663. The fourth-order valence-electron chi connectivity index (χ4n) is 1.73. The molecule has 0 saturated heterocycles. The van der Waals surface area contributed by atoms with E-state index in [2.05, 4.69) is 4.98 Å². The minimum Gasteiger partial charge on any atom is -0.273 e. The smallest absolute Gasteiger partial charge is 0.273 e. The maximum atomic E-state index is 11.8. The van der Waals surface area contributed by atoms with Crippen LogP contribution in [0.25, 0.3) is 5.69 Å². The molecule has 1 N–H and O–H groups in total. The van der Waals surface area contributed by atoms with Crippen molar-refractivity contribution in [3.05, 3.63) is 61.9 Å². The Morgan fingerprint density at radius 2 is 2.00 bits per heavy atom. The molecule has 0 fully saturated rings. The lowest BCUT2D eigenvalue weighted by Gasteiger charge is -2.10. The van der Waals surface area contributed by atoms with Crippen molar-refractivity contribution in [3.8, 4) is 11.8 Å². The first-order valence-corrected chi connectivity index (χ1v) is 5.37. The van der Waals surface area contributed by atoms with E-state index in [1.165, 1.54) is 10.8 Å². The summed E-state index contributed by atoms with van der Waals surface area (Å²) in [5, 5.41) is 8.82. The van der Waals surface area contributed by atoms with Crippen molar-refractivity contribution in [2.75, 3.05) is 0 Å². The highest BCUT2D eigenvalue weighted by Crippen LogP contribution is 2.15. The Morgan fingerprint density at radius 3 is 2.67 bits per heavy atom. The van der Waals surface area contributed by atoms with Crippen molar-refractivity contribution in [1.82, 2.24) is 9.55 Å². The molecule has 5 nitrogen and oxygen atoms in total. The molecule has 5 heteroatoms. The number of nitrogens with one attached hydrogen (secondary N) is 1. The summed E-state index contributed by atoms with van der Waals surface area (Å²) in [7, 11) is 0. The molecule has 1 aromatic heterocycles. The molecule has 1 heterocycles. The van der Waals surface area contributed by atoms with Crippen LogP contribution in [0.3, 0.4) is 0 Å². The Kier molecular flexibility index (Phi) is 2.86. The van der Waals surface area contributed by atoms with Gasteiger partial charge in [0.1, 0.15) is 11.6 Å². The molecule has 0 spiro atoms. The van der Waals surface area contributed by atoms with E-state index in [9.17, 15) is 9.59 Å². The normalized spacial score (nSPS) is 10.1. The van der Waals surface area contributed by atoms with Crippen LogP contribution in [0.5, 0.6) is 0 Å². The maximum absolute atomic E-state index is 11.8. The van der Waals surface area contributed by atoms with Gasteiger partial charge in [-0.05, 0) is 31.0 Å². The van der Waals surface area contributed by atoms with Crippen molar-refractivity contribution < 1.29 is 0 Å². The van der Waals surface area contributed by atoms with Gasteiger partial charge in [0.25, 0.3) is 5.56 Å². The Hall–Kier alpha value is -2.61. The second-order valence-electron chi connectivity index (χ2n) is 4.00. The zero-order valence-corrected chi connectivity index (χ0v) is 10.0. The van der Waals surface area contributed by atoms with E-state index in [1.807, 2.05) is 26.0 Å². The predicted octanol–water partition coefficient (Wildman–Crippen LogP) is 1.01. The van der Waals surface area contributed by atoms with E-state index >= 15 is 0 Å². The van der Waals surface area contributed by atoms with Crippen molar-refractivity contribution in [3.63, 3.8) is 0 Å². The van der Waals surface area contributed by atoms with Gasteiger partial charge < -0.3 is 0 Å². The number of benzene rings is 1. The van der Waals surface area contributed by atoms with Crippen molar-refractivity contribution in [1.29, 1.82) is 5.26 Å². The molecule has 0 bridgehead atoms. The van der Waals surface area contributed by atoms with E-state index in [1.54, 1.807) is 12.1 Å². The summed E-state index contributed by atoms with van der Waals surface area (Å²) in [5.74, 6) is 0. The SMILES string of the molecule is Cc1cccc(-n2cc(C#N)c(=O)[nH]c2=O)c1C. The molecule has 1 aromatic carbocycles. The molecular weight excluding hydrogens is 230 g/mol. The average Bonchev–Trinajstić information content (AvgIpc) is 2.34. The summed E-state index contributed by atoms with van der Waals surface area (Å²) in [6, 6.07) is 7.28. The van der Waals surface area contributed by atoms with Crippen molar-refractivity contribution in [2.24, 2.45) is 0 Å². The van der Waals surface area contributed by atoms with E-state index in [0.29, 0.717) is 5.69 Å². The van der Waals surface area contributed by atoms with Crippen LogP contribution in [0.15, 0.2) is 34.0 Å². The lowest BCUT2D eigenvalue weighted by Crippen LogP contribution is -2.30. The zero-order chi connectivity index (χ0) is 13.3. The number of hydrogen-bond donors (Lipinski definition) is 1. The second-order valence-corrected chi connectivity index (χ2v) is 4.00. The Balaban J connectivity index is 2.81. The summed E-state index contributed by atoms with van der Waals surface area (Å²) in [5.41, 5.74) is 1.32. The molecule has 0 saturated carbocycles. The van der Waals surface area contributed by atoms with Gasteiger partial charge in [-0.2, -0.15) is 5.26 Å². The topological polar surface area (TPSA) is 78.7 Å². The van der Waals surface area contributed by atoms with Crippen LogP contribution in [0.1, 0.15) is 16.7 Å². The van der Waals surface area contributed by atoms with E-state index < -0.39 is 11.2 Å². The second kappa shape index (κ2) is 4.34. The lowest BCUT2D eigenvalue weighted by molar-refractivity contribution is 0.881. The highest BCUT2D eigenvalue weighted by atomic mass is 16.2. The van der Waals surface area contributed by atoms with Gasteiger partial charge in [-0.1, -0.05) is 12.1 Å². The summed E-state index contributed by atoms with van der Waals surface area (Å²) >= 11 is 0. The monoisotopic (exact) mass is 241 g/mol. The molecule has 0 unspecified atom stereocenters. The summed E-state index contributed by atoms with van der Waals surface area (Å²) in [4.78, 5) is 25.2. The number of H-pyrrole nitrogens is 1. The minimum absolute atomic E-state index is 0.0875. The molecule has 0 atom stereocenters. The quantitative estimate of drug-likeness (QED) is 0.809. The lowest BCUT2D eigenvalue weighted by atomic mass is 10.1. The van der Waals surface area contributed by atoms with Crippen LogP contribution in [0.4, 0.5) is 0 Å². The van der Waals surface area contributed by atoms with Gasteiger partial charge >= 0.3 is 5.69 Å². The van der Waals surface area contributed by atoms with Crippen LogP contribution >= 0.6 is 0 Å². The Bertz CT molecular complexity index is 763. The molecular formula is C13H11N3O2. The van der Waals surface area contributed by atoms with E-state index in [-0.39, 0.29) is 5.56 Å². The Morgan fingerprint density at radius 1 is 1.28 bits per heavy atom. The fraction of sp³-hybridized carbons (Fsp3) is 0.154. The average molecular weight is 241 g/mol. The molecule has 90 valence electrons. The third kappa shape index (κ3) is 1.84. The van der Waals surface area contributed by atoms with Gasteiger partial charge in [0.05, 0.1) is 5.69 Å². The van der Waals surface area contributed by atoms with Crippen molar-refractivity contribution in [2.45, 2.75) is 13.8 Å². The van der Waals surface area contributed by atoms with Crippen LogP contribution in [-0.4, -0.2) is 9.55 Å². The number of nitriles is 1. The van der Waals surface area contributed by atoms with Crippen LogP contribution in [0.2, 0.25) is 0 Å². The van der Waals surface area contributed by atoms with Crippen LogP contribution in [-0.2, 0) is 0 Å². The number of aromatic amines is 1. The van der Waals surface area contributed by atoms with Gasteiger partial charge in [-0.25, -0.2) is 4.79 Å². The summed E-state index contributed by atoms with van der Waals surface area (Å²) in [6.07, 6.45) is 1.27. The molecule has 0 radical (unpaired) electrons. The van der Waals surface area contributed by atoms with Crippen molar-refractivity contribution >= 4 is 0 Å². The number of aryl methyl sites for hydroxylation is 1. The van der Waals surface area contributed by atoms with Gasteiger partial charge in [0.2, 0.25) is 0 Å². The summed E-state index contributed by atoms with van der Waals surface area (Å²) < 4.78 is 1.28. The Labute approximate surface area is 103 Å². The molecule has 0 amide bonds. The third-order valence-electron chi connectivity index (χ3n) is 2.90. The van der Waals surface area contributed by atoms with Crippen LogP contribution < -0.4 is 11.2 Å². The molecule has 0 aliphatic carbocycles. The first-order chi connectivity index (χ1) is 8.54. The predicted molar refractivity (Wildman–Crippen MR) is 66.8 cm³/mol. The molecule has 2 rings (SSSR count). The number of rotatable bonds is 1. The first-order valence-electron chi connectivity index (χ1n) is 5.37. The largest absolute Gasteiger partial charge is 0.332 e. The van der Waals surface area contributed by atoms with E-state index in [0.717, 1.165) is 11.1 Å². The van der Waals surface area contributed by atoms with Gasteiger partial charge in [0.15, 0.2) is 0 Å². The standard InChI is InChI=1S/C13H11N3O2/c1-8-4-3-5-11(9(8)2)16-7-10(6-14)12(17)15-13(16)18/h3-5,7H,1-2H3,(H,15,17,18). The zero-order valence-electron chi connectivity index (χ0n) is 10.0. The first kappa shape index (κ1) is 11.9. The molecule has 0 aliphatic rings. The molecule has 0 aliphatic heterocycles. The molecule has 18 heavy (non-hydrogen) atoms. The van der Waals surface area contributed by atoms with Crippen LogP contribution in [0, 0.1) is 25.2 Å². The van der Waals surface area contributed by atoms with Gasteiger partial charge in [-0.15, -0.1) is 0 Å². The molecule has 2 aromatic rings. The van der Waals surface area contributed by atoms with Gasteiger partial charge in [0, 0.05) is 6.20 Å². The summed E-state index contributed by atoms with van der Waals surface area (Å²) in [6.45, 7) is 3.81. The highest BCUT2D eigenvalue weighted by Gasteiger charge is 2.08. The van der Waals surface area contributed by atoms with E-state index in [4.69, 9.17) is 5.26 Å². The highest BCUT2D eigenvalue weighted by molar-refractivity contribution is 5.45. The third-order valence-corrected chi connectivity index (χ3v) is 2.90.